The van der Waals surface area contributed by atoms with E-state index in [0.29, 0.717) is 29.5 Å². The third-order valence-electron chi connectivity index (χ3n) is 4.17. The van der Waals surface area contributed by atoms with Crippen LogP contribution in [0.25, 0.3) is 0 Å². The molecule has 0 unspecified atom stereocenters. The summed E-state index contributed by atoms with van der Waals surface area (Å²) < 4.78 is 26.3. The molecule has 0 fully saturated rings. The first-order valence-electron chi connectivity index (χ1n) is 8.92. The molecule has 0 saturated heterocycles. The van der Waals surface area contributed by atoms with E-state index in [9.17, 15) is 18.0 Å². The Hall–Kier alpha value is -2.62. The van der Waals surface area contributed by atoms with Crippen LogP contribution in [0.2, 0.25) is 5.02 Å². The molecule has 29 heavy (non-hydrogen) atoms. The van der Waals surface area contributed by atoms with Crippen LogP contribution < -0.4 is 16.4 Å². The van der Waals surface area contributed by atoms with Crippen molar-refractivity contribution in [2.75, 3.05) is 30.3 Å². The number of nitrogens with one attached hydrogen (secondary N) is 2. The molecule has 2 rings (SSSR count). The largest absolute Gasteiger partial charge is 0.375 e. The Bertz CT molecular complexity index is 990. The molecule has 0 aliphatic heterocycles. The smallest absolute Gasteiger partial charge is 0.250 e. The van der Waals surface area contributed by atoms with E-state index in [-0.39, 0.29) is 22.9 Å². The minimum atomic E-state index is -3.56. The van der Waals surface area contributed by atoms with E-state index in [2.05, 4.69) is 10.6 Å². The minimum absolute atomic E-state index is 0.139. The summed E-state index contributed by atoms with van der Waals surface area (Å²) in [6, 6.07) is 10.4. The van der Waals surface area contributed by atoms with Crippen molar-refractivity contribution in [2.24, 2.45) is 5.73 Å². The van der Waals surface area contributed by atoms with Crippen LogP contribution in [0.4, 0.5) is 11.4 Å². The van der Waals surface area contributed by atoms with Crippen molar-refractivity contribution in [3.05, 3.63) is 53.1 Å². The van der Waals surface area contributed by atoms with Gasteiger partial charge in [-0.2, -0.15) is 4.31 Å². The number of sulfonamides is 1. The van der Waals surface area contributed by atoms with E-state index in [1.54, 1.807) is 13.8 Å². The van der Waals surface area contributed by atoms with Crippen LogP contribution in [0.5, 0.6) is 0 Å². The highest BCUT2D eigenvalue weighted by atomic mass is 35.5. The van der Waals surface area contributed by atoms with E-state index in [1.165, 1.54) is 46.8 Å². The zero-order chi connectivity index (χ0) is 21.6. The second-order valence-corrected chi connectivity index (χ2v) is 8.44. The number of carbonyl (C=O) groups excluding carboxylic acids is 2. The highest BCUT2D eigenvalue weighted by Gasteiger charge is 2.21. The molecular weight excluding hydrogens is 416 g/mol. The molecule has 0 saturated carbocycles. The minimum Gasteiger partial charge on any atom is -0.375 e. The van der Waals surface area contributed by atoms with Crippen LogP contribution >= 0.6 is 11.6 Å². The number of hydrogen-bond donors (Lipinski definition) is 3. The fourth-order valence-electron chi connectivity index (χ4n) is 2.68. The van der Waals surface area contributed by atoms with Gasteiger partial charge in [0.15, 0.2) is 0 Å². The number of anilines is 2. The van der Waals surface area contributed by atoms with Crippen LogP contribution in [-0.2, 0) is 14.8 Å². The molecule has 2 amide bonds. The Morgan fingerprint density at radius 1 is 1.07 bits per heavy atom. The molecule has 4 N–H and O–H groups in total. The summed E-state index contributed by atoms with van der Waals surface area (Å²) in [5, 5.41) is 5.87. The monoisotopic (exact) mass is 438 g/mol. The quantitative estimate of drug-likeness (QED) is 0.555. The fraction of sp³-hybridized carbons (Fsp3) is 0.263. The molecule has 8 nitrogen and oxygen atoms in total. The maximum Gasteiger partial charge on any atom is 0.250 e. The summed E-state index contributed by atoms with van der Waals surface area (Å²) in [5.74, 6) is -1.03. The molecule has 0 bridgehead atoms. The number of rotatable bonds is 9. The molecular formula is C19H23ClN4O4S. The van der Waals surface area contributed by atoms with Crippen LogP contribution in [0.1, 0.15) is 24.2 Å². The molecule has 2 aromatic carbocycles. The van der Waals surface area contributed by atoms with Gasteiger partial charge in [-0.05, 0) is 42.5 Å². The normalized spacial score (nSPS) is 11.3. The average molecular weight is 439 g/mol. The zero-order valence-corrected chi connectivity index (χ0v) is 17.7. The predicted molar refractivity (Wildman–Crippen MR) is 114 cm³/mol. The number of amides is 2. The molecule has 0 aromatic heterocycles. The topological polar surface area (TPSA) is 122 Å². The number of nitrogens with zero attached hydrogens (tertiary/aromatic N) is 1. The van der Waals surface area contributed by atoms with E-state index in [0.717, 1.165) is 0 Å². The Morgan fingerprint density at radius 3 is 2.24 bits per heavy atom. The van der Waals surface area contributed by atoms with Crippen molar-refractivity contribution in [3.8, 4) is 0 Å². The Labute approximate surface area is 175 Å². The van der Waals surface area contributed by atoms with Crippen LogP contribution in [0, 0.1) is 0 Å². The molecule has 0 aliphatic carbocycles. The molecule has 0 atom stereocenters. The van der Waals surface area contributed by atoms with Crippen molar-refractivity contribution in [1.82, 2.24) is 4.31 Å². The molecule has 0 radical (unpaired) electrons. The van der Waals surface area contributed by atoms with Crippen molar-refractivity contribution in [1.29, 1.82) is 0 Å². The van der Waals surface area contributed by atoms with Crippen LogP contribution in [0.15, 0.2) is 47.4 Å². The van der Waals surface area contributed by atoms with Gasteiger partial charge in [0.05, 0.1) is 17.0 Å². The third-order valence-corrected chi connectivity index (χ3v) is 6.47. The third kappa shape index (κ3) is 5.69. The predicted octanol–water partition coefficient (Wildman–Crippen LogP) is 2.52. The average Bonchev–Trinajstić information content (AvgIpc) is 2.67. The summed E-state index contributed by atoms with van der Waals surface area (Å²) in [6.45, 7) is 4.15. The standard InChI is InChI=1S/C19H23ClN4O4S/c1-3-24(4-2)29(27,28)15-8-6-14(7-9-15)23-18(25)12-22-17-11-13(20)5-10-16(17)19(21)26/h5-11,22H,3-4,12H2,1-2H3,(H2,21,26)(H,23,25). The van der Waals surface area contributed by atoms with Crippen molar-refractivity contribution in [3.63, 3.8) is 0 Å². The lowest BCUT2D eigenvalue weighted by atomic mass is 10.1. The van der Waals surface area contributed by atoms with E-state index in [1.807, 2.05) is 0 Å². The summed E-state index contributed by atoms with van der Waals surface area (Å²) >= 11 is 5.92. The SMILES string of the molecule is CCN(CC)S(=O)(=O)c1ccc(NC(=O)CNc2cc(Cl)ccc2C(N)=O)cc1. The van der Waals surface area contributed by atoms with Gasteiger partial charge in [0.25, 0.3) is 5.91 Å². The van der Waals surface area contributed by atoms with E-state index in [4.69, 9.17) is 17.3 Å². The lowest BCUT2D eigenvalue weighted by Crippen LogP contribution is -2.30. The van der Waals surface area contributed by atoms with Crippen molar-refractivity contribution in [2.45, 2.75) is 18.7 Å². The maximum atomic E-state index is 12.5. The Kier molecular flexibility index (Phi) is 7.60. The van der Waals surface area contributed by atoms with Gasteiger partial charge in [-0.15, -0.1) is 0 Å². The molecule has 156 valence electrons. The molecule has 0 spiro atoms. The van der Waals surface area contributed by atoms with Crippen molar-refractivity contribution < 1.29 is 18.0 Å². The van der Waals surface area contributed by atoms with Gasteiger partial charge in [0.2, 0.25) is 15.9 Å². The van der Waals surface area contributed by atoms with Crippen molar-refractivity contribution >= 4 is 44.8 Å². The number of carbonyl (C=O) groups is 2. The van der Waals surface area contributed by atoms with Gasteiger partial charge in [0, 0.05) is 29.5 Å². The first-order valence-corrected chi connectivity index (χ1v) is 10.7. The van der Waals surface area contributed by atoms with Gasteiger partial charge >= 0.3 is 0 Å². The number of hydrogen-bond acceptors (Lipinski definition) is 5. The maximum absolute atomic E-state index is 12.5. The van der Waals surface area contributed by atoms with Gasteiger partial charge in [-0.3, -0.25) is 9.59 Å². The van der Waals surface area contributed by atoms with E-state index >= 15 is 0 Å². The summed E-state index contributed by atoms with van der Waals surface area (Å²) in [7, 11) is -3.56. The Balaban J connectivity index is 2.04. The lowest BCUT2D eigenvalue weighted by molar-refractivity contribution is -0.114. The zero-order valence-electron chi connectivity index (χ0n) is 16.1. The second kappa shape index (κ2) is 9.73. The molecule has 10 heteroatoms. The summed E-state index contributed by atoms with van der Waals surface area (Å²) in [4.78, 5) is 23.8. The summed E-state index contributed by atoms with van der Waals surface area (Å²) in [6.07, 6.45) is 0. The Morgan fingerprint density at radius 2 is 1.69 bits per heavy atom. The number of primary amides is 1. The fourth-order valence-corrected chi connectivity index (χ4v) is 4.31. The molecule has 2 aromatic rings. The van der Waals surface area contributed by atoms with Crippen LogP contribution in [-0.4, -0.2) is 44.2 Å². The van der Waals surface area contributed by atoms with E-state index < -0.39 is 15.9 Å². The second-order valence-electron chi connectivity index (χ2n) is 6.07. The molecule has 0 heterocycles. The highest BCUT2D eigenvalue weighted by Crippen LogP contribution is 2.21. The first kappa shape index (κ1) is 22.7. The van der Waals surface area contributed by atoms with Gasteiger partial charge in [0.1, 0.15) is 0 Å². The highest BCUT2D eigenvalue weighted by molar-refractivity contribution is 7.89. The van der Waals surface area contributed by atoms with Gasteiger partial charge in [-0.1, -0.05) is 25.4 Å². The lowest BCUT2D eigenvalue weighted by Gasteiger charge is -2.18. The number of nitrogens with two attached hydrogens (primary N) is 1. The number of benzene rings is 2. The summed E-state index contributed by atoms with van der Waals surface area (Å²) in [5.41, 5.74) is 6.32. The molecule has 0 aliphatic rings. The first-order chi connectivity index (χ1) is 13.7. The van der Waals surface area contributed by atoms with Gasteiger partial charge in [-0.25, -0.2) is 8.42 Å². The number of halogens is 1. The van der Waals surface area contributed by atoms with Crippen LogP contribution in [0.3, 0.4) is 0 Å². The van der Waals surface area contributed by atoms with Gasteiger partial charge < -0.3 is 16.4 Å².